The molecule has 1 atom stereocenters. The number of halogens is 1. The molecule has 0 spiro atoms. The Hall–Kier alpha value is -1.76. The predicted octanol–water partition coefficient (Wildman–Crippen LogP) is 1.12. The van der Waals surface area contributed by atoms with Gasteiger partial charge in [-0.05, 0) is 13.8 Å². The van der Waals surface area contributed by atoms with E-state index in [9.17, 15) is 0 Å². The van der Waals surface area contributed by atoms with Gasteiger partial charge < -0.3 is 5.32 Å². The lowest BCUT2D eigenvalue weighted by Crippen LogP contribution is -2.11. The molecule has 2 N–H and O–H groups in total. The summed E-state index contributed by atoms with van der Waals surface area (Å²) in [6, 6.07) is -0.108. The molecular formula is C8H10ClN7. The normalized spacial score (nSPS) is 12.4. The Kier molecular flexibility index (Phi) is 2.95. The van der Waals surface area contributed by atoms with Crippen LogP contribution in [0.5, 0.6) is 0 Å². The van der Waals surface area contributed by atoms with Gasteiger partial charge in [-0.25, -0.2) is 9.97 Å². The molecule has 0 radical (unpaired) electrons. The second-order valence-electron chi connectivity index (χ2n) is 3.27. The number of H-pyrrole nitrogens is 1. The van der Waals surface area contributed by atoms with Gasteiger partial charge in [0.2, 0.25) is 0 Å². The Morgan fingerprint density at radius 1 is 1.44 bits per heavy atom. The molecule has 0 saturated heterocycles. The zero-order chi connectivity index (χ0) is 11.5. The van der Waals surface area contributed by atoms with Crippen molar-refractivity contribution in [3.8, 4) is 0 Å². The average Bonchev–Trinajstić information content (AvgIpc) is 2.78. The van der Waals surface area contributed by atoms with E-state index in [-0.39, 0.29) is 6.04 Å². The van der Waals surface area contributed by atoms with E-state index in [4.69, 9.17) is 11.6 Å². The smallest absolute Gasteiger partial charge is 0.196 e. The summed E-state index contributed by atoms with van der Waals surface area (Å²) in [5.41, 5.74) is 0.791. The van der Waals surface area contributed by atoms with Crippen LogP contribution >= 0.6 is 11.6 Å². The number of tetrazole rings is 1. The molecular weight excluding hydrogens is 230 g/mol. The maximum Gasteiger partial charge on any atom is 0.196 e. The number of aromatic amines is 1. The largest absolute Gasteiger partial charge is 0.360 e. The molecule has 0 bridgehead atoms. The Morgan fingerprint density at radius 3 is 2.94 bits per heavy atom. The minimum absolute atomic E-state index is 0.108. The molecule has 0 aromatic carbocycles. The monoisotopic (exact) mass is 239 g/mol. The van der Waals surface area contributed by atoms with Gasteiger partial charge in [-0.1, -0.05) is 16.8 Å². The standard InChI is InChI=1S/C8H10ClN7/c1-4-6(9)10-3-11-7(4)12-5(2)8-13-15-16-14-8/h3,5H,1-2H3,(H,10,11,12)(H,13,14,15,16). The average molecular weight is 240 g/mol. The van der Waals surface area contributed by atoms with Gasteiger partial charge in [-0.3, -0.25) is 0 Å². The van der Waals surface area contributed by atoms with Crippen LogP contribution in [0.3, 0.4) is 0 Å². The molecule has 0 aliphatic carbocycles. The van der Waals surface area contributed by atoms with E-state index in [1.54, 1.807) is 0 Å². The molecule has 84 valence electrons. The van der Waals surface area contributed by atoms with Gasteiger partial charge >= 0.3 is 0 Å². The molecule has 2 heterocycles. The van der Waals surface area contributed by atoms with Crippen LogP contribution in [0.1, 0.15) is 24.4 Å². The van der Waals surface area contributed by atoms with Crippen molar-refractivity contribution in [2.45, 2.75) is 19.9 Å². The fraction of sp³-hybridized carbons (Fsp3) is 0.375. The summed E-state index contributed by atoms with van der Waals surface area (Å²) in [5, 5.41) is 17.2. The first-order chi connectivity index (χ1) is 7.68. The molecule has 2 aromatic heterocycles. The van der Waals surface area contributed by atoms with Crippen LogP contribution in [-0.2, 0) is 0 Å². The minimum atomic E-state index is -0.108. The van der Waals surface area contributed by atoms with Crippen molar-refractivity contribution in [3.05, 3.63) is 22.9 Å². The van der Waals surface area contributed by atoms with Crippen LogP contribution in [0.15, 0.2) is 6.33 Å². The summed E-state index contributed by atoms with van der Waals surface area (Å²) < 4.78 is 0. The van der Waals surface area contributed by atoms with Crippen LogP contribution in [0, 0.1) is 6.92 Å². The summed E-state index contributed by atoms with van der Waals surface area (Å²) >= 11 is 5.88. The third-order valence-electron chi connectivity index (χ3n) is 2.12. The molecule has 2 aromatic rings. The summed E-state index contributed by atoms with van der Waals surface area (Å²) in [5.74, 6) is 1.23. The molecule has 0 saturated carbocycles. The number of nitrogens with zero attached hydrogens (tertiary/aromatic N) is 5. The Labute approximate surface area is 96.6 Å². The molecule has 7 nitrogen and oxygen atoms in total. The molecule has 8 heteroatoms. The fourth-order valence-corrected chi connectivity index (χ4v) is 1.33. The van der Waals surface area contributed by atoms with Gasteiger partial charge in [0.1, 0.15) is 17.3 Å². The Balaban J connectivity index is 2.18. The van der Waals surface area contributed by atoms with Crippen molar-refractivity contribution in [2.24, 2.45) is 0 Å². The lowest BCUT2D eigenvalue weighted by Gasteiger charge is -2.12. The zero-order valence-corrected chi connectivity index (χ0v) is 9.52. The van der Waals surface area contributed by atoms with Crippen molar-refractivity contribution in [1.29, 1.82) is 0 Å². The third kappa shape index (κ3) is 2.08. The number of aromatic nitrogens is 6. The van der Waals surface area contributed by atoms with E-state index in [1.165, 1.54) is 6.33 Å². The first-order valence-electron chi connectivity index (χ1n) is 4.65. The molecule has 1 unspecified atom stereocenters. The molecule has 0 amide bonds. The Bertz CT molecular complexity index is 469. The molecule has 0 aliphatic heterocycles. The molecule has 0 aliphatic rings. The van der Waals surface area contributed by atoms with Gasteiger partial charge in [0.25, 0.3) is 0 Å². The SMILES string of the molecule is Cc1c(Cl)ncnc1NC(C)c1nn[nH]n1. The van der Waals surface area contributed by atoms with E-state index in [1.807, 2.05) is 13.8 Å². The summed E-state index contributed by atoms with van der Waals surface area (Å²) in [4.78, 5) is 7.97. The maximum absolute atomic E-state index is 5.88. The van der Waals surface area contributed by atoms with Gasteiger partial charge in [0, 0.05) is 5.56 Å². The van der Waals surface area contributed by atoms with Gasteiger partial charge in [0.15, 0.2) is 5.82 Å². The van der Waals surface area contributed by atoms with E-state index in [2.05, 4.69) is 35.9 Å². The third-order valence-corrected chi connectivity index (χ3v) is 2.51. The molecule has 2 rings (SSSR count). The van der Waals surface area contributed by atoms with Crippen molar-refractivity contribution in [2.75, 3.05) is 5.32 Å². The van der Waals surface area contributed by atoms with Gasteiger partial charge in [-0.15, -0.1) is 10.2 Å². The van der Waals surface area contributed by atoms with E-state index >= 15 is 0 Å². The highest BCUT2D eigenvalue weighted by Crippen LogP contribution is 2.21. The van der Waals surface area contributed by atoms with E-state index in [0.29, 0.717) is 16.8 Å². The van der Waals surface area contributed by atoms with Crippen LogP contribution in [0.25, 0.3) is 0 Å². The minimum Gasteiger partial charge on any atom is -0.360 e. The highest BCUT2D eigenvalue weighted by molar-refractivity contribution is 6.30. The fourth-order valence-electron chi connectivity index (χ4n) is 1.20. The zero-order valence-electron chi connectivity index (χ0n) is 8.77. The van der Waals surface area contributed by atoms with Crippen molar-refractivity contribution in [3.63, 3.8) is 0 Å². The van der Waals surface area contributed by atoms with E-state index < -0.39 is 0 Å². The van der Waals surface area contributed by atoms with Gasteiger partial charge in [0.05, 0.1) is 6.04 Å². The molecule has 0 fully saturated rings. The number of nitrogens with one attached hydrogen (secondary N) is 2. The first kappa shape index (κ1) is 10.7. The Morgan fingerprint density at radius 2 is 2.25 bits per heavy atom. The highest BCUT2D eigenvalue weighted by Gasteiger charge is 2.13. The second kappa shape index (κ2) is 4.40. The van der Waals surface area contributed by atoms with Crippen molar-refractivity contribution in [1.82, 2.24) is 30.6 Å². The van der Waals surface area contributed by atoms with Crippen molar-refractivity contribution >= 4 is 17.4 Å². The molecule has 16 heavy (non-hydrogen) atoms. The quantitative estimate of drug-likeness (QED) is 0.780. The summed E-state index contributed by atoms with van der Waals surface area (Å²) in [7, 11) is 0. The van der Waals surface area contributed by atoms with Crippen molar-refractivity contribution < 1.29 is 0 Å². The van der Waals surface area contributed by atoms with Crippen LogP contribution in [0.2, 0.25) is 5.15 Å². The number of rotatable bonds is 3. The first-order valence-corrected chi connectivity index (χ1v) is 5.03. The topological polar surface area (TPSA) is 92.3 Å². The van der Waals surface area contributed by atoms with Crippen LogP contribution in [-0.4, -0.2) is 30.6 Å². The van der Waals surface area contributed by atoms with Crippen LogP contribution < -0.4 is 5.32 Å². The number of hydrogen-bond acceptors (Lipinski definition) is 6. The van der Waals surface area contributed by atoms with Crippen LogP contribution in [0.4, 0.5) is 5.82 Å². The summed E-state index contributed by atoms with van der Waals surface area (Å²) in [6.07, 6.45) is 1.40. The lowest BCUT2D eigenvalue weighted by atomic mass is 10.3. The lowest BCUT2D eigenvalue weighted by molar-refractivity contribution is 0.785. The predicted molar refractivity (Wildman–Crippen MR) is 58.0 cm³/mol. The highest BCUT2D eigenvalue weighted by atomic mass is 35.5. The number of anilines is 1. The van der Waals surface area contributed by atoms with E-state index in [0.717, 1.165) is 5.56 Å². The summed E-state index contributed by atoms with van der Waals surface area (Å²) in [6.45, 7) is 3.74. The maximum atomic E-state index is 5.88. The number of hydrogen-bond donors (Lipinski definition) is 2. The second-order valence-corrected chi connectivity index (χ2v) is 3.63. The van der Waals surface area contributed by atoms with Gasteiger partial charge in [-0.2, -0.15) is 5.21 Å².